The molecule has 0 N–H and O–H groups in total. The lowest BCUT2D eigenvalue weighted by Crippen LogP contribution is -3.00. The van der Waals surface area contributed by atoms with Gasteiger partial charge in [0.1, 0.15) is 6.54 Å². The highest BCUT2D eigenvalue weighted by Crippen LogP contribution is 2.03. The van der Waals surface area contributed by atoms with Crippen LogP contribution in [0.3, 0.4) is 0 Å². The third kappa shape index (κ3) is 4.46. The maximum atomic E-state index is 4.06. The molecule has 1 heterocycles. The van der Waals surface area contributed by atoms with E-state index in [1.165, 1.54) is 5.56 Å². The number of quaternary nitrogens is 1. The van der Waals surface area contributed by atoms with E-state index >= 15 is 0 Å². The fourth-order valence-corrected chi connectivity index (χ4v) is 1.04. The molecular weight excluding hydrogens is 216 g/mol. The summed E-state index contributed by atoms with van der Waals surface area (Å²) in [5, 5.41) is 0. The molecule has 0 unspecified atom stereocenters. The fourth-order valence-electron chi connectivity index (χ4n) is 1.04. The predicted molar refractivity (Wildman–Crippen MR) is 46.0 cm³/mol. The van der Waals surface area contributed by atoms with Crippen LogP contribution in [0.2, 0.25) is 0 Å². The van der Waals surface area contributed by atoms with Gasteiger partial charge < -0.3 is 21.5 Å². The molecule has 68 valence electrons. The summed E-state index contributed by atoms with van der Waals surface area (Å²) in [7, 11) is 6.52. The first-order chi connectivity index (χ1) is 5.08. The van der Waals surface area contributed by atoms with Crippen molar-refractivity contribution in [3.63, 3.8) is 0 Å². The Morgan fingerprint density at radius 3 is 2.42 bits per heavy atom. The molecule has 0 radical (unpaired) electrons. The Kier molecular flexibility index (Phi) is 4.42. The van der Waals surface area contributed by atoms with Crippen LogP contribution in [0.25, 0.3) is 0 Å². The van der Waals surface area contributed by atoms with Gasteiger partial charge in [0.2, 0.25) is 0 Å². The number of hydrogen-bond donors (Lipinski definition) is 0. The predicted octanol–water partition coefficient (Wildman–Crippen LogP) is -1.71. The van der Waals surface area contributed by atoms with Crippen LogP contribution >= 0.6 is 0 Å². The second-order valence-corrected chi connectivity index (χ2v) is 3.81. The first-order valence-electron chi connectivity index (χ1n) is 3.77. The summed E-state index contributed by atoms with van der Waals surface area (Å²) in [4.78, 5) is 4.06. The van der Waals surface area contributed by atoms with E-state index in [-0.39, 0.29) is 17.0 Å². The number of rotatable bonds is 2. The molecule has 0 aliphatic heterocycles. The molecule has 1 rings (SSSR count). The van der Waals surface area contributed by atoms with Gasteiger partial charge in [-0.3, -0.25) is 4.98 Å². The van der Waals surface area contributed by atoms with Gasteiger partial charge in [-0.25, -0.2) is 0 Å². The average molecular weight is 231 g/mol. The highest BCUT2D eigenvalue weighted by Gasteiger charge is 2.07. The Morgan fingerprint density at radius 2 is 2.00 bits per heavy atom. The molecule has 0 spiro atoms. The minimum atomic E-state index is 0. The van der Waals surface area contributed by atoms with Gasteiger partial charge in [0.05, 0.1) is 21.1 Å². The van der Waals surface area contributed by atoms with Crippen LogP contribution in [-0.4, -0.2) is 30.6 Å². The van der Waals surface area contributed by atoms with Crippen molar-refractivity contribution in [2.24, 2.45) is 0 Å². The fraction of sp³-hybridized carbons (Fsp3) is 0.444. The van der Waals surface area contributed by atoms with Crippen molar-refractivity contribution >= 4 is 0 Å². The third-order valence-corrected chi connectivity index (χ3v) is 1.38. The summed E-state index contributed by atoms with van der Waals surface area (Å²) < 4.78 is 0.950. The van der Waals surface area contributed by atoms with Crippen LogP contribution in [0, 0.1) is 0 Å². The molecule has 12 heavy (non-hydrogen) atoms. The van der Waals surface area contributed by atoms with Crippen molar-refractivity contribution in [1.29, 1.82) is 0 Å². The van der Waals surface area contributed by atoms with E-state index in [2.05, 4.69) is 32.2 Å². The van der Waals surface area contributed by atoms with E-state index in [1.54, 1.807) is 6.20 Å². The number of halogens is 1. The summed E-state index contributed by atoms with van der Waals surface area (Å²) in [6.07, 6.45) is 3.72. The number of nitrogens with zero attached hydrogens (tertiary/aromatic N) is 2. The molecule has 1 aromatic heterocycles. The van der Waals surface area contributed by atoms with Gasteiger partial charge in [-0.15, -0.1) is 0 Å². The third-order valence-electron chi connectivity index (χ3n) is 1.38. The van der Waals surface area contributed by atoms with Crippen LogP contribution in [0.1, 0.15) is 5.56 Å². The van der Waals surface area contributed by atoms with E-state index in [4.69, 9.17) is 0 Å². The molecule has 0 aliphatic rings. The quantitative estimate of drug-likeness (QED) is 0.552. The monoisotopic (exact) mass is 230 g/mol. The first kappa shape index (κ1) is 11.6. The van der Waals surface area contributed by atoms with Crippen LogP contribution < -0.4 is 17.0 Å². The number of aromatic nitrogens is 1. The zero-order chi connectivity index (χ0) is 8.32. The lowest BCUT2D eigenvalue weighted by molar-refractivity contribution is -0.884. The topological polar surface area (TPSA) is 12.9 Å². The summed E-state index contributed by atoms with van der Waals surface area (Å²) >= 11 is 0. The van der Waals surface area contributed by atoms with Crippen molar-refractivity contribution in [3.05, 3.63) is 30.1 Å². The molecule has 2 nitrogen and oxygen atoms in total. The molecule has 0 aromatic carbocycles. The molecule has 0 saturated heterocycles. The minimum Gasteiger partial charge on any atom is -1.00 e. The Balaban J connectivity index is 0.00000121. The minimum absolute atomic E-state index is 0. The highest BCUT2D eigenvalue weighted by molar-refractivity contribution is 5.06. The maximum absolute atomic E-state index is 4.06. The van der Waals surface area contributed by atoms with E-state index in [0.29, 0.717) is 0 Å². The zero-order valence-electron chi connectivity index (χ0n) is 7.79. The largest absolute Gasteiger partial charge is 1.00 e. The Labute approximate surface area is 84.6 Å². The standard InChI is InChI=1S/C9H15N2.BrH/c1-11(2,3)8-9-5-4-6-10-7-9;/h4-7H,8H2,1-3H3;1H/q+1;/p-1. The van der Waals surface area contributed by atoms with Crippen molar-refractivity contribution in [1.82, 2.24) is 4.98 Å². The normalized spacial score (nSPS) is 10.6. The number of pyridine rings is 1. The van der Waals surface area contributed by atoms with Gasteiger partial charge in [0.15, 0.2) is 0 Å². The zero-order valence-corrected chi connectivity index (χ0v) is 9.37. The lowest BCUT2D eigenvalue weighted by atomic mass is 10.2. The number of hydrogen-bond acceptors (Lipinski definition) is 1. The average Bonchev–Trinajstić information content (AvgIpc) is 1.85. The van der Waals surface area contributed by atoms with Gasteiger partial charge >= 0.3 is 0 Å². The van der Waals surface area contributed by atoms with Crippen LogP contribution in [-0.2, 0) is 6.54 Å². The highest BCUT2D eigenvalue weighted by atomic mass is 79.9. The SMILES string of the molecule is C[N+](C)(C)Cc1cccnc1.[Br-]. The van der Waals surface area contributed by atoms with Crippen molar-refractivity contribution in [2.75, 3.05) is 21.1 Å². The Morgan fingerprint density at radius 1 is 1.33 bits per heavy atom. The van der Waals surface area contributed by atoms with Crippen molar-refractivity contribution < 1.29 is 21.5 Å². The summed E-state index contributed by atoms with van der Waals surface area (Å²) in [5.74, 6) is 0. The molecule has 0 aliphatic carbocycles. The molecule has 0 atom stereocenters. The van der Waals surface area contributed by atoms with Gasteiger partial charge in [-0.1, -0.05) is 6.07 Å². The summed E-state index contributed by atoms with van der Waals surface area (Å²) in [6, 6.07) is 4.08. The van der Waals surface area contributed by atoms with E-state index in [9.17, 15) is 0 Å². The first-order valence-corrected chi connectivity index (χ1v) is 3.77. The van der Waals surface area contributed by atoms with Crippen LogP contribution in [0.5, 0.6) is 0 Å². The molecule has 0 saturated carbocycles. The molecule has 0 fully saturated rings. The van der Waals surface area contributed by atoms with Gasteiger partial charge in [-0.2, -0.15) is 0 Å². The summed E-state index contributed by atoms with van der Waals surface area (Å²) in [6.45, 7) is 1.04. The van der Waals surface area contributed by atoms with Crippen LogP contribution in [0.15, 0.2) is 24.5 Å². The van der Waals surface area contributed by atoms with Crippen LogP contribution in [0.4, 0.5) is 0 Å². The van der Waals surface area contributed by atoms with E-state index in [1.807, 2.05) is 12.3 Å². The summed E-state index contributed by atoms with van der Waals surface area (Å²) in [5.41, 5.74) is 1.29. The second-order valence-electron chi connectivity index (χ2n) is 3.81. The molecule has 0 amide bonds. The molecule has 3 heteroatoms. The lowest BCUT2D eigenvalue weighted by Gasteiger charge is -2.23. The van der Waals surface area contributed by atoms with E-state index < -0.39 is 0 Å². The molecule has 0 bridgehead atoms. The van der Waals surface area contributed by atoms with Gasteiger partial charge in [-0.05, 0) is 6.07 Å². The Bertz CT molecular complexity index is 216. The second kappa shape index (κ2) is 4.58. The van der Waals surface area contributed by atoms with Gasteiger partial charge in [0.25, 0.3) is 0 Å². The van der Waals surface area contributed by atoms with Crippen molar-refractivity contribution in [3.8, 4) is 0 Å². The van der Waals surface area contributed by atoms with Crippen molar-refractivity contribution in [2.45, 2.75) is 6.54 Å². The van der Waals surface area contributed by atoms with Gasteiger partial charge in [0, 0.05) is 18.0 Å². The Hall–Kier alpha value is -0.410. The smallest absolute Gasteiger partial charge is 0.105 e. The molecular formula is C9H15BrN2. The molecule has 1 aromatic rings. The van der Waals surface area contributed by atoms with E-state index in [0.717, 1.165) is 11.0 Å². The maximum Gasteiger partial charge on any atom is 0.105 e.